The van der Waals surface area contributed by atoms with Crippen LogP contribution in [0.1, 0.15) is 5.56 Å². The van der Waals surface area contributed by atoms with Crippen molar-refractivity contribution >= 4 is 22.6 Å². The molecule has 0 atom stereocenters. The molecule has 5 heteroatoms. The van der Waals surface area contributed by atoms with Crippen LogP contribution in [0.25, 0.3) is 22.0 Å². The minimum Gasteiger partial charge on any atom is -0.308 e. The summed E-state index contributed by atoms with van der Waals surface area (Å²) in [4.78, 5) is 12.2. The van der Waals surface area contributed by atoms with Crippen LogP contribution in [-0.4, -0.2) is 16.1 Å². The van der Waals surface area contributed by atoms with Crippen molar-refractivity contribution in [2.45, 2.75) is 6.42 Å². The molecule has 0 saturated heterocycles. The van der Waals surface area contributed by atoms with E-state index in [4.69, 9.17) is 0 Å². The molecule has 4 aromatic rings. The van der Waals surface area contributed by atoms with E-state index in [1.807, 2.05) is 48.5 Å². The van der Waals surface area contributed by atoms with E-state index in [1.165, 1.54) is 12.1 Å². The first-order chi connectivity index (χ1) is 12.7. The molecule has 128 valence electrons. The zero-order valence-corrected chi connectivity index (χ0v) is 13.9. The van der Waals surface area contributed by atoms with Crippen LogP contribution in [0.3, 0.4) is 0 Å². The van der Waals surface area contributed by atoms with Crippen LogP contribution < -0.4 is 5.32 Å². The number of halogens is 1. The fourth-order valence-electron chi connectivity index (χ4n) is 2.89. The quantitative estimate of drug-likeness (QED) is 0.570. The van der Waals surface area contributed by atoms with Crippen LogP contribution in [0.2, 0.25) is 0 Å². The number of rotatable bonds is 4. The number of hydrogen-bond acceptors (Lipinski definition) is 2. The molecule has 2 N–H and O–H groups in total. The smallest absolute Gasteiger partial charge is 0.230 e. The number of hydrogen-bond donors (Lipinski definition) is 2. The number of aromatic nitrogens is 2. The molecule has 4 nitrogen and oxygen atoms in total. The van der Waals surface area contributed by atoms with Crippen LogP contribution in [0.5, 0.6) is 0 Å². The molecule has 0 saturated carbocycles. The Labute approximate surface area is 149 Å². The molecule has 3 aromatic carbocycles. The molecule has 4 rings (SSSR count). The molecule has 0 spiro atoms. The summed E-state index contributed by atoms with van der Waals surface area (Å²) in [5, 5.41) is 10.8. The van der Waals surface area contributed by atoms with E-state index in [0.717, 1.165) is 27.6 Å². The molecular formula is C21H16FN3O. The van der Waals surface area contributed by atoms with Crippen LogP contribution >= 0.6 is 0 Å². The number of fused-ring (bicyclic) bond motifs is 1. The van der Waals surface area contributed by atoms with Crippen LogP contribution in [0, 0.1) is 5.82 Å². The van der Waals surface area contributed by atoms with Gasteiger partial charge in [-0.1, -0.05) is 48.5 Å². The average molecular weight is 345 g/mol. The number of benzene rings is 3. The number of anilines is 1. The molecule has 0 fully saturated rings. The fourth-order valence-corrected chi connectivity index (χ4v) is 2.89. The monoisotopic (exact) mass is 345 g/mol. The predicted octanol–water partition coefficient (Wildman–Crippen LogP) is 4.55. The van der Waals surface area contributed by atoms with Crippen molar-refractivity contribution in [1.82, 2.24) is 10.2 Å². The zero-order valence-electron chi connectivity index (χ0n) is 13.9. The van der Waals surface area contributed by atoms with Gasteiger partial charge < -0.3 is 5.32 Å². The van der Waals surface area contributed by atoms with Crippen LogP contribution in [-0.2, 0) is 11.2 Å². The fraction of sp³-hybridized carbons (Fsp3) is 0.0476. The van der Waals surface area contributed by atoms with E-state index < -0.39 is 0 Å². The van der Waals surface area contributed by atoms with Crippen molar-refractivity contribution < 1.29 is 9.18 Å². The van der Waals surface area contributed by atoms with Gasteiger partial charge >= 0.3 is 0 Å². The van der Waals surface area contributed by atoms with Gasteiger partial charge in [0.1, 0.15) is 5.82 Å². The highest BCUT2D eigenvalue weighted by Gasteiger charge is 2.11. The van der Waals surface area contributed by atoms with Gasteiger partial charge in [-0.05, 0) is 41.0 Å². The highest BCUT2D eigenvalue weighted by molar-refractivity contribution is 6.01. The number of carbonyl (C=O) groups excluding carboxylic acids is 1. The molecule has 0 aliphatic heterocycles. The third-order valence-corrected chi connectivity index (χ3v) is 4.21. The van der Waals surface area contributed by atoms with Crippen molar-refractivity contribution in [3.63, 3.8) is 0 Å². The van der Waals surface area contributed by atoms with E-state index in [2.05, 4.69) is 15.5 Å². The van der Waals surface area contributed by atoms with Gasteiger partial charge in [0.05, 0.1) is 11.9 Å². The second kappa shape index (κ2) is 6.80. The lowest BCUT2D eigenvalue weighted by Gasteiger charge is -2.04. The third-order valence-electron chi connectivity index (χ3n) is 4.21. The first-order valence-corrected chi connectivity index (χ1v) is 8.27. The Kier molecular flexibility index (Phi) is 4.19. The molecule has 0 aliphatic carbocycles. The summed E-state index contributed by atoms with van der Waals surface area (Å²) in [5.74, 6) is 0.124. The summed E-state index contributed by atoms with van der Waals surface area (Å²) in [7, 11) is 0. The molecule has 0 unspecified atom stereocenters. The van der Waals surface area contributed by atoms with Gasteiger partial charge in [0, 0.05) is 5.39 Å². The topological polar surface area (TPSA) is 57.8 Å². The molecule has 1 heterocycles. The predicted molar refractivity (Wildman–Crippen MR) is 100 cm³/mol. The Morgan fingerprint density at radius 3 is 2.46 bits per heavy atom. The van der Waals surface area contributed by atoms with Gasteiger partial charge in [-0.3, -0.25) is 9.89 Å². The highest BCUT2D eigenvalue weighted by Crippen LogP contribution is 2.27. The number of carbonyl (C=O) groups is 1. The summed E-state index contributed by atoms with van der Waals surface area (Å²) in [6.45, 7) is 0. The first kappa shape index (κ1) is 16.0. The minimum absolute atomic E-state index is 0.118. The number of nitrogens with zero attached hydrogens (tertiary/aromatic N) is 1. The highest BCUT2D eigenvalue weighted by atomic mass is 19.1. The molecule has 26 heavy (non-hydrogen) atoms. The molecule has 1 amide bonds. The van der Waals surface area contributed by atoms with Gasteiger partial charge in [0.2, 0.25) is 5.91 Å². The molecule has 0 radical (unpaired) electrons. The summed E-state index contributed by atoms with van der Waals surface area (Å²) in [5.41, 5.74) is 3.62. The van der Waals surface area contributed by atoms with Crippen molar-refractivity contribution in [3.05, 3.63) is 84.2 Å². The standard InChI is InChI=1S/C21H16FN3O/c22-17-9-6-15(7-10-17)16-8-11-18-19(13-16)24-25-21(18)23-20(26)12-14-4-2-1-3-5-14/h1-11,13H,12H2,(H2,23,24,25,26). The lowest BCUT2D eigenvalue weighted by molar-refractivity contribution is -0.115. The maximum Gasteiger partial charge on any atom is 0.230 e. The zero-order chi connectivity index (χ0) is 17.9. The van der Waals surface area contributed by atoms with Crippen molar-refractivity contribution in [2.75, 3.05) is 5.32 Å². The maximum absolute atomic E-state index is 13.1. The van der Waals surface area contributed by atoms with Gasteiger partial charge in [0.15, 0.2) is 5.82 Å². The van der Waals surface area contributed by atoms with E-state index in [0.29, 0.717) is 12.2 Å². The van der Waals surface area contributed by atoms with Crippen molar-refractivity contribution in [1.29, 1.82) is 0 Å². The number of aromatic amines is 1. The second-order valence-corrected chi connectivity index (χ2v) is 6.05. The summed E-state index contributed by atoms with van der Waals surface area (Å²) >= 11 is 0. The van der Waals surface area contributed by atoms with Crippen LogP contribution in [0.15, 0.2) is 72.8 Å². The van der Waals surface area contributed by atoms with Crippen molar-refractivity contribution in [2.24, 2.45) is 0 Å². The van der Waals surface area contributed by atoms with Crippen molar-refractivity contribution in [3.8, 4) is 11.1 Å². The molecule has 1 aromatic heterocycles. The largest absolute Gasteiger partial charge is 0.308 e. The van der Waals surface area contributed by atoms with Gasteiger partial charge in [-0.2, -0.15) is 5.10 Å². The second-order valence-electron chi connectivity index (χ2n) is 6.05. The Morgan fingerprint density at radius 2 is 1.69 bits per heavy atom. The molecule has 0 aliphatic rings. The number of nitrogens with one attached hydrogen (secondary N) is 2. The Balaban J connectivity index is 1.55. The minimum atomic E-state index is -0.264. The Hall–Kier alpha value is -3.47. The molecule has 0 bridgehead atoms. The van der Waals surface area contributed by atoms with Gasteiger partial charge in [0.25, 0.3) is 0 Å². The first-order valence-electron chi connectivity index (χ1n) is 8.27. The maximum atomic E-state index is 13.1. The van der Waals surface area contributed by atoms with E-state index in [-0.39, 0.29) is 11.7 Å². The van der Waals surface area contributed by atoms with Gasteiger partial charge in [-0.15, -0.1) is 0 Å². The number of H-pyrrole nitrogens is 1. The number of amides is 1. The summed E-state index contributed by atoms with van der Waals surface area (Å²) < 4.78 is 13.1. The Bertz CT molecular complexity index is 1060. The molecular weight excluding hydrogens is 329 g/mol. The lowest BCUT2D eigenvalue weighted by Crippen LogP contribution is -2.14. The third kappa shape index (κ3) is 3.32. The van der Waals surface area contributed by atoms with E-state index in [9.17, 15) is 9.18 Å². The SMILES string of the molecule is O=C(Cc1ccccc1)Nc1n[nH]c2cc(-c3ccc(F)cc3)ccc12. The average Bonchev–Trinajstić information content (AvgIpc) is 3.05. The van der Waals surface area contributed by atoms with E-state index >= 15 is 0 Å². The summed E-state index contributed by atoms with van der Waals surface area (Å²) in [6.07, 6.45) is 0.295. The van der Waals surface area contributed by atoms with Crippen LogP contribution in [0.4, 0.5) is 10.2 Å². The lowest BCUT2D eigenvalue weighted by atomic mass is 10.0. The summed E-state index contributed by atoms with van der Waals surface area (Å²) in [6, 6.07) is 21.6. The normalized spacial score (nSPS) is 10.8. The van der Waals surface area contributed by atoms with E-state index in [1.54, 1.807) is 12.1 Å². The van der Waals surface area contributed by atoms with Gasteiger partial charge in [-0.25, -0.2) is 4.39 Å². The Morgan fingerprint density at radius 1 is 0.962 bits per heavy atom.